The number of nitrogens with one attached hydrogen (secondary N) is 1. The van der Waals surface area contributed by atoms with E-state index in [0.29, 0.717) is 19.0 Å². The molecule has 0 saturated heterocycles. The molecular weight excluding hydrogens is 248 g/mol. The molecule has 0 radical (unpaired) electrons. The van der Waals surface area contributed by atoms with Gasteiger partial charge in [0, 0.05) is 18.7 Å². The number of nitrogens with zero attached hydrogens (tertiary/aromatic N) is 1. The molecule has 0 saturated carbocycles. The Kier molecular flexibility index (Phi) is 6.67. The largest absolute Gasteiger partial charge is 0.492 e. The van der Waals surface area contributed by atoms with E-state index in [-0.39, 0.29) is 11.4 Å². The fourth-order valence-electron chi connectivity index (χ4n) is 1.55. The molecule has 1 aromatic rings. The van der Waals surface area contributed by atoms with Crippen molar-refractivity contribution in [2.24, 2.45) is 0 Å². The summed E-state index contributed by atoms with van der Waals surface area (Å²) < 4.78 is 10.8. The highest BCUT2D eigenvalue weighted by Gasteiger charge is 2.15. The van der Waals surface area contributed by atoms with Crippen LogP contribution < -0.4 is 14.8 Å². The molecule has 19 heavy (non-hydrogen) atoms. The standard InChI is InChI=1S/C13H20N2O4/c1-3-7-14-8-9-19-11-5-6-12(15(16)17)13(10-11)18-4-2/h5-6,10,14H,3-4,7-9H2,1-2H3. The van der Waals surface area contributed by atoms with Gasteiger partial charge in [-0.2, -0.15) is 0 Å². The number of hydrogen-bond acceptors (Lipinski definition) is 5. The molecule has 6 nitrogen and oxygen atoms in total. The molecule has 1 N–H and O–H groups in total. The third-order valence-corrected chi connectivity index (χ3v) is 2.40. The molecule has 0 aliphatic rings. The Hall–Kier alpha value is -1.82. The normalized spacial score (nSPS) is 10.2. The van der Waals surface area contributed by atoms with Gasteiger partial charge in [0.1, 0.15) is 12.4 Å². The Morgan fingerprint density at radius 1 is 1.26 bits per heavy atom. The first kappa shape index (κ1) is 15.2. The minimum atomic E-state index is -0.461. The SMILES string of the molecule is CCCNCCOc1ccc([N+](=O)[O-])c(OCC)c1. The summed E-state index contributed by atoms with van der Waals surface area (Å²) in [5, 5.41) is 14.0. The molecule has 6 heteroatoms. The molecule has 0 bridgehead atoms. The van der Waals surface area contributed by atoms with Gasteiger partial charge in [-0.3, -0.25) is 10.1 Å². The summed E-state index contributed by atoms with van der Waals surface area (Å²) in [5.74, 6) is 0.818. The minimum Gasteiger partial charge on any atom is -0.492 e. The summed E-state index contributed by atoms with van der Waals surface area (Å²) in [6.45, 7) is 6.47. The predicted molar refractivity (Wildman–Crippen MR) is 72.9 cm³/mol. The Morgan fingerprint density at radius 3 is 2.68 bits per heavy atom. The zero-order chi connectivity index (χ0) is 14.1. The lowest BCUT2D eigenvalue weighted by Gasteiger charge is -2.09. The van der Waals surface area contributed by atoms with E-state index in [9.17, 15) is 10.1 Å². The molecule has 0 aliphatic heterocycles. The molecule has 1 aromatic carbocycles. The van der Waals surface area contributed by atoms with Crippen molar-refractivity contribution < 1.29 is 14.4 Å². The van der Waals surface area contributed by atoms with Gasteiger partial charge in [0.25, 0.3) is 0 Å². The van der Waals surface area contributed by atoms with E-state index in [1.165, 1.54) is 6.07 Å². The average Bonchev–Trinajstić information content (AvgIpc) is 2.39. The van der Waals surface area contributed by atoms with E-state index in [2.05, 4.69) is 12.2 Å². The maximum Gasteiger partial charge on any atom is 0.311 e. The molecule has 0 unspecified atom stereocenters. The first-order valence-corrected chi connectivity index (χ1v) is 6.43. The molecule has 0 spiro atoms. The second kappa shape index (κ2) is 8.31. The van der Waals surface area contributed by atoms with Crippen molar-refractivity contribution in [3.63, 3.8) is 0 Å². The van der Waals surface area contributed by atoms with Crippen LogP contribution in [0.2, 0.25) is 0 Å². The zero-order valence-electron chi connectivity index (χ0n) is 11.3. The van der Waals surface area contributed by atoms with Crippen molar-refractivity contribution in [2.75, 3.05) is 26.3 Å². The van der Waals surface area contributed by atoms with Crippen LogP contribution in [-0.4, -0.2) is 31.2 Å². The topological polar surface area (TPSA) is 73.6 Å². The van der Waals surface area contributed by atoms with E-state index >= 15 is 0 Å². The third kappa shape index (κ3) is 5.13. The number of nitro groups is 1. The summed E-state index contributed by atoms with van der Waals surface area (Å²) in [7, 11) is 0. The van der Waals surface area contributed by atoms with Crippen molar-refractivity contribution in [3.05, 3.63) is 28.3 Å². The first-order chi connectivity index (χ1) is 9.19. The Balaban J connectivity index is 2.59. The highest BCUT2D eigenvalue weighted by molar-refractivity contribution is 5.50. The van der Waals surface area contributed by atoms with Crippen LogP contribution in [0, 0.1) is 10.1 Å². The highest BCUT2D eigenvalue weighted by atomic mass is 16.6. The fraction of sp³-hybridized carbons (Fsp3) is 0.538. The van der Waals surface area contributed by atoms with Gasteiger partial charge in [-0.05, 0) is 26.0 Å². The molecule has 0 aliphatic carbocycles. The Labute approximate surface area is 112 Å². The van der Waals surface area contributed by atoms with Crippen LogP contribution in [-0.2, 0) is 0 Å². The summed E-state index contributed by atoms with van der Waals surface area (Å²) in [6, 6.07) is 4.54. The van der Waals surface area contributed by atoms with Crippen molar-refractivity contribution in [1.29, 1.82) is 0 Å². The number of ether oxygens (including phenoxy) is 2. The number of hydrogen-bond donors (Lipinski definition) is 1. The second-order valence-electron chi connectivity index (χ2n) is 3.92. The molecule has 0 heterocycles. The number of benzene rings is 1. The lowest BCUT2D eigenvalue weighted by atomic mass is 10.3. The molecule has 106 valence electrons. The Morgan fingerprint density at radius 2 is 2.05 bits per heavy atom. The number of rotatable bonds is 9. The highest BCUT2D eigenvalue weighted by Crippen LogP contribution is 2.31. The maximum absolute atomic E-state index is 10.8. The van der Waals surface area contributed by atoms with E-state index in [0.717, 1.165) is 19.5 Å². The monoisotopic (exact) mass is 268 g/mol. The first-order valence-electron chi connectivity index (χ1n) is 6.43. The molecule has 0 amide bonds. The molecule has 1 rings (SSSR count). The van der Waals surface area contributed by atoms with Gasteiger partial charge in [0.2, 0.25) is 5.75 Å². The van der Waals surface area contributed by atoms with Crippen LogP contribution in [0.15, 0.2) is 18.2 Å². The summed E-state index contributed by atoms with van der Waals surface area (Å²) >= 11 is 0. The van der Waals surface area contributed by atoms with Crippen molar-refractivity contribution in [1.82, 2.24) is 5.32 Å². The van der Waals surface area contributed by atoms with Gasteiger partial charge in [0.15, 0.2) is 0 Å². The van der Waals surface area contributed by atoms with Gasteiger partial charge < -0.3 is 14.8 Å². The molecule has 0 atom stereocenters. The quantitative estimate of drug-likeness (QED) is 0.423. The van der Waals surface area contributed by atoms with E-state index in [1.807, 2.05) is 0 Å². The van der Waals surface area contributed by atoms with Crippen LogP contribution in [0.3, 0.4) is 0 Å². The Bertz CT molecular complexity index is 410. The fourth-order valence-corrected chi connectivity index (χ4v) is 1.55. The molecular formula is C13H20N2O4. The summed E-state index contributed by atoms with van der Waals surface area (Å²) in [6.07, 6.45) is 1.08. The minimum absolute atomic E-state index is 0.0432. The zero-order valence-corrected chi connectivity index (χ0v) is 11.3. The lowest BCUT2D eigenvalue weighted by Crippen LogP contribution is -2.21. The van der Waals surface area contributed by atoms with Crippen LogP contribution >= 0.6 is 0 Å². The van der Waals surface area contributed by atoms with Gasteiger partial charge in [0.05, 0.1) is 11.5 Å². The molecule has 0 aromatic heterocycles. The summed E-state index contributed by atoms with van der Waals surface area (Å²) in [4.78, 5) is 10.4. The van der Waals surface area contributed by atoms with Crippen LogP contribution in [0.5, 0.6) is 11.5 Å². The van der Waals surface area contributed by atoms with Crippen LogP contribution in [0.1, 0.15) is 20.3 Å². The van der Waals surface area contributed by atoms with Crippen LogP contribution in [0.25, 0.3) is 0 Å². The van der Waals surface area contributed by atoms with Crippen molar-refractivity contribution >= 4 is 5.69 Å². The van der Waals surface area contributed by atoms with Gasteiger partial charge in [-0.15, -0.1) is 0 Å². The van der Waals surface area contributed by atoms with Crippen LogP contribution in [0.4, 0.5) is 5.69 Å². The van der Waals surface area contributed by atoms with E-state index in [4.69, 9.17) is 9.47 Å². The van der Waals surface area contributed by atoms with E-state index < -0.39 is 4.92 Å². The van der Waals surface area contributed by atoms with Gasteiger partial charge in [-0.1, -0.05) is 6.92 Å². The summed E-state index contributed by atoms with van der Waals surface area (Å²) in [5.41, 5.74) is -0.0432. The number of nitro benzene ring substituents is 1. The second-order valence-corrected chi connectivity index (χ2v) is 3.92. The lowest BCUT2D eigenvalue weighted by molar-refractivity contribution is -0.385. The maximum atomic E-state index is 10.8. The average molecular weight is 268 g/mol. The van der Waals surface area contributed by atoms with E-state index in [1.54, 1.807) is 19.1 Å². The van der Waals surface area contributed by atoms with Gasteiger partial charge in [-0.25, -0.2) is 0 Å². The third-order valence-electron chi connectivity index (χ3n) is 2.40. The van der Waals surface area contributed by atoms with Crippen molar-refractivity contribution in [3.8, 4) is 11.5 Å². The van der Waals surface area contributed by atoms with Gasteiger partial charge >= 0.3 is 5.69 Å². The van der Waals surface area contributed by atoms with Crippen molar-refractivity contribution in [2.45, 2.75) is 20.3 Å². The molecule has 0 fully saturated rings. The predicted octanol–water partition coefficient (Wildman–Crippen LogP) is 2.37. The smallest absolute Gasteiger partial charge is 0.311 e.